The Morgan fingerprint density at radius 3 is 2.58 bits per heavy atom. The van der Waals surface area contributed by atoms with Crippen molar-refractivity contribution >= 4 is 44.9 Å². The predicted octanol–water partition coefficient (Wildman–Crippen LogP) is 4.14. The van der Waals surface area contributed by atoms with Crippen molar-refractivity contribution in [2.45, 2.75) is 20.0 Å². The number of pyridine rings is 1. The molecule has 198 valence electrons. The molecule has 1 saturated heterocycles. The SMILES string of the molecule is COc1ccccc1-c1c(C(N)=O)sc2cnc(Nc3ccc(N4CCN(C)CC4)nc3OC(C)C)nc12. The summed E-state index contributed by atoms with van der Waals surface area (Å²) in [6.45, 7) is 7.71. The van der Waals surface area contributed by atoms with Crippen LogP contribution in [0.15, 0.2) is 42.6 Å². The molecule has 0 radical (unpaired) electrons. The number of anilines is 3. The van der Waals surface area contributed by atoms with Crippen molar-refractivity contribution in [3.8, 4) is 22.8 Å². The third-order valence-electron chi connectivity index (χ3n) is 6.30. The number of likely N-dealkylation sites (N-methyl/N-ethyl adjacent to an activating group) is 1. The number of nitrogens with two attached hydrogens (primary N) is 1. The van der Waals surface area contributed by atoms with E-state index in [-0.39, 0.29) is 6.10 Å². The van der Waals surface area contributed by atoms with E-state index >= 15 is 0 Å². The Morgan fingerprint density at radius 2 is 1.87 bits per heavy atom. The fourth-order valence-corrected chi connectivity index (χ4v) is 5.38. The van der Waals surface area contributed by atoms with Gasteiger partial charge in [-0.15, -0.1) is 11.3 Å². The highest BCUT2D eigenvalue weighted by molar-refractivity contribution is 7.21. The largest absolute Gasteiger partial charge is 0.496 e. The topological polar surface area (TPSA) is 119 Å². The van der Waals surface area contributed by atoms with Crippen LogP contribution in [-0.4, -0.2) is 72.2 Å². The van der Waals surface area contributed by atoms with E-state index in [1.807, 2.05) is 50.2 Å². The van der Waals surface area contributed by atoms with Crippen molar-refractivity contribution in [2.75, 3.05) is 50.6 Å². The molecule has 4 aromatic rings. The van der Waals surface area contributed by atoms with Crippen molar-refractivity contribution in [3.05, 3.63) is 47.5 Å². The number of aromatic nitrogens is 3. The van der Waals surface area contributed by atoms with Crippen molar-refractivity contribution in [3.63, 3.8) is 0 Å². The highest BCUT2D eigenvalue weighted by atomic mass is 32.1. The summed E-state index contributed by atoms with van der Waals surface area (Å²) in [5, 5.41) is 3.27. The van der Waals surface area contributed by atoms with Crippen LogP contribution >= 0.6 is 11.3 Å². The summed E-state index contributed by atoms with van der Waals surface area (Å²) in [7, 11) is 3.72. The van der Waals surface area contributed by atoms with Crippen molar-refractivity contribution in [2.24, 2.45) is 5.73 Å². The van der Waals surface area contributed by atoms with E-state index in [4.69, 9.17) is 25.2 Å². The molecule has 1 aromatic carbocycles. The van der Waals surface area contributed by atoms with Crippen LogP contribution in [0, 0.1) is 0 Å². The number of nitrogens with zero attached hydrogens (tertiary/aromatic N) is 5. The molecule has 38 heavy (non-hydrogen) atoms. The second kappa shape index (κ2) is 10.8. The van der Waals surface area contributed by atoms with E-state index in [2.05, 4.69) is 27.1 Å². The maximum absolute atomic E-state index is 12.4. The van der Waals surface area contributed by atoms with Crippen LogP contribution in [0.1, 0.15) is 23.5 Å². The van der Waals surface area contributed by atoms with Gasteiger partial charge in [-0.2, -0.15) is 4.98 Å². The number of amides is 1. The molecule has 0 saturated carbocycles. The first-order chi connectivity index (χ1) is 18.3. The minimum absolute atomic E-state index is 0.0682. The Bertz CT molecular complexity index is 1460. The third kappa shape index (κ3) is 5.20. The molecule has 1 aliphatic rings. The van der Waals surface area contributed by atoms with Gasteiger partial charge in [-0.25, -0.2) is 9.97 Å². The van der Waals surface area contributed by atoms with E-state index in [0.29, 0.717) is 39.2 Å². The summed E-state index contributed by atoms with van der Waals surface area (Å²) in [6.07, 6.45) is 1.62. The van der Waals surface area contributed by atoms with Crippen LogP contribution in [0.25, 0.3) is 21.3 Å². The van der Waals surface area contributed by atoms with Crippen LogP contribution < -0.4 is 25.4 Å². The number of benzene rings is 1. The van der Waals surface area contributed by atoms with Gasteiger partial charge in [-0.1, -0.05) is 18.2 Å². The molecule has 0 spiro atoms. The molecule has 10 nitrogen and oxygen atoms in total. The smallest absolute Gasteiger partial charge is 0.259 e. The van der Waals surface area contributed by atoms with Gasteiger partial charge in [0.25, 0.3) is 5.91 Å². The Morgan fingerprint density at radius 1 is 1.11 bits per heavy atom. The summed E-state index contributed by atoms with van der Waals surface area (Å²) >= 11 is 1.26. The second-order valence-corrected chi connectivity index (χ2v) is 10.4. The molecule has 3 N–H and O–H groups in total. The number of primary amides is 1. The van der Waals surface area contributed by atoms with Crippen LogP contribution in [0.2, 0.25) is 0 Å². The Kier molecular flexibility index (Phi) is 7.30. The quantitative estimate of drug-likeness (QED) is 0.344. The van der Waals surface area contributed by atoms with Gasteiger partial charge in [-0.3, -0.25) is 4.79 Å². The first kappa shape index (κ1) is 25.7. The zero-order chi connectivity index (χ0) is 26.8. The zero-order valence-electron chi connectivity index (χ0n) is 21.9. The van der Waals surface area contributed by atoms with E-state index in [9.17, 15) is 4.79 Å². The van der Waals surface area contributed by atoms with Crippen LogP contribution in [0.4, 0.5) is 17.5 Å². The number of nitrogens with one attached hydrogen (secondary N) is 1. The standard InChI is InChI=1S/C27H31N7O3S/c1-16(2)37-26-18(9-10-21(31-26)34-13-11-33(3)12-14-34)30-27-29-15-20-23(32-27)22(24(38-20)25(28)35)17-7-5-6-8-19(17)36-4/h5-10,15-16H,11-14H2,1-4H3,(H2,28,35)(H,29,30,32). The Hall–Kier alpha value is -3.96. The van der Waals surface area contributed by atoms with Crippen molar-refractivity contribution in [1.82, 2.24) is 19.9 Å². The van der Waals surface area contributed by atoms with Gasteiger partial charge in [0, 0.05) is 37.3 Å². The highest BCUT2D eigenvalue weighted by Crippen LogP contribution is 2.42. The van der Waals surface area contributed by atoms with E-state index in [0.717, 1.165) is 42.3 Å². The first-order valence-electron chi connectivity index (χ1n) is 12.4. The average molecular weight is 534 g/mol. The lowest BCUT2D eigenvalue weighted by molar-refractivity contribution is 0.100. The fraction of sp³-hybridized carbons (Fsp3) is 0.333. The number of ether oxygens (including phenoxy) is 2. The molecular weight excluding hydrogens is 502 g/mol. The molecule has 0 aliphatic carbocycles. The lowest BCUT2D eigenvalue weighted by atomic mass is 10.0. The van der Waals surface area contributed by atoms with Crippen molar-refractivity contribution in [1.29, 1.82) is 0 Å². The maximum atomic E-state index is 12.4. The molecule has 0 bridgehead atoms. The minimum atomic E-state index is -0.528. The number of rotatable bonds is 8. The van der Waals surface area contributed by atoms with Gasteiger partial charge >= 0.3 is 0 Å². The number of methoxy groups -OCH3 is 1. The van der Waals surface area contributed by atoms with Gasteiger partial charge in [0.05, 0.1) is 29.6 Å². The molecule has 5 rings (SSSR count). The zero-order valence-corrected chi connectivity index (χ0v) is 22.7. The first-order valence-corrected chi connectivity index (χ1v) is 13.3. The number of thiophene rings is 1. The number of carbonyl (C=O) groups is 1. The second-order valence-electron chi connectivity index (χ2n) is 9.38. The lowest BCUT2D eigenvalue weighted by Crippen LogP contribution is -2.44. The Labute approximate surface area is 225 Å². The molecule has 0 atom stereocenters. The van der Waals surface area contributed by atoms with Gasteiger partial charge in [0.2, 0.25) is 11.8 Å². The lowest BCUT2D eigenvalue weighted by Gasteiger charge is -2.33. The number of piperazine rings is 1. The molecule has 1 amide bonds. The number of para-hydroxylation sites is 1. The molecule has 0 unspecified atom stereocenters. The number of carbonyl (C=O) groups excluding carboxylic acids is 1. The maximum Gasteiger partial charge on any atom is 0.259 e. The third-order valence-corrected chi connectivity index (χ3v) is 7.43. The number of fused-ring (bicyclic) bond motifs is 1. The summed E-state index contributed by atoms with van der Waals surface area (Å²) in [6, 6.07) is 11.4. The molecule has 11 heteroatoms. The Balaban J connectivity index is 1.54. The average Bonchev–Trinajstić information content (AvgIpc) is 3.29. The van der Waals surface area contributed by atoms with Crippen molar-refractivity contribution < 1.29 is 14.3 Å². The molecule has 1 aliphatic heterocycles. The predicted molar refractivity (Wildman–Crippen MR) is 151 cm³/mol. The fourth-order valence-electron chi connectivity index (χ4n) is 4.40. The minimum Gasteiger partial charge on any atom is -0.496 e. The summed E-state index contributed by atoms with van der Waals surface area (Å²) in [5.74, 6) is 1.80. The number of hydrogen-bond acceptors (Lipinski definition) is 10. The monoisotopic (exact) mass is 533 g/mol. The van der Waals surface area contributed by atoms with Gasteiger partial charge in [0.1, 0.15) is 22.1 Å². The highest BCUT2D eigenvalue weighted by Gasteiger charge is 2.23. The van der Waals surface area contributed by atoms with E-state index < -0.39 is 5.91 Å². The summed E-state index contributed by atoms with van der Waals surface area (Å²) < 4.78 is 12.4. The van der Waals surface area contributed by atoms with Crippen LogP contribution in [0.3, 0.4) is 0 Å². The van der Waals surface area contributed by atoms with E-state index in [1.54, 1.807) is 13.3 Å². The molecule has 3 aromatic heterocycles. The van der Waals surface area contributed by atoms with Gasteiger partial charge < -0.3 is 30.3 Å². The molecule has 4 heterocycles. The summed E-state index contributed by atoms with van der Waals surface area (Å²) in [4.78, 5) is 31.4. The van der Waals surface area contributed by atoms with Gasteiger partial charge in [-0.05, 0) is 39.1 Å². The van der Waals surface area contributed by atoms with E-state index in [1.165, 1.54) is 11.3 Å². The number of hydrogen-bond donors (Lipinski definition) is 2. The van der Waals surface area contributed by atoms with Gasteiger partial charge in [0.15, 0.2) is 0 Å². The normalized spacial score (nSPS) is 14.2. The molecule has 1 fully saturated rings. The summed E-state index contributed by atoms with van der Waals surface area (Å²) in [5.41, 5.74) is 8.38. The molecular formula is C27H31N7O3S. The van der Waals surface area contributed by atoms with Crippen LogP contribution in [0.5, 0.6) is 11.6 Å². The van der Waals surface area contributed by atoms with Crippen LogP contribution in [-0.2, 0) is 0 Å².